The van der Waals surface area contributed by atoms with Crippen LogP contribution < -0.4 is 4.74 Å². The number of carbonyl (C=O) groups excluding carboxylic acids is 1. The molecule has 0 saturated heterocycles. The monoisotopic (exact) mass is 371 g/mol. The van der Waals surface area contributed by atoms with E-state index in [9.17, 15) is 4.79 Å². The van der Waals surface area contributed by atoms with Gasteiger partial charge in [0.2, 0.25) is 5.89 Å². The number of nitrogens with zero attached hydrogens (tertiary/aromatic N) is 1. The fourth-order valence-corrected chi connectivity index (χ4v) is 2.54. The van der Waals surface area contributed by atoms with Crippen LogP contribution in [0.4, 0.5) is 0 Å². The van der Waals surface area contributed by atoms with E-state index in [0.29, 0.717) is 29.2 Å². The topological polar surface area (TPSA) is 52.3 Å². The first-order valence-electron chi connectivity index (χ1n) is 7.15. The van der Waals surface area contributed by atoms with Gasteiger partial charge >= 0.3 is 0 Å². The van der Waals surface area contributed by atoms with Crippen molar-refractivity contribution in [2.24, 2.45) is 0 Å². The zero-order valence-corrected chi connectivity index (χ0v) is 13.8. The van der Waals surface area contributed by atoms with Gasteiger partial charge in [-0.25, -0.2) is 4.98 Å². The molecule has 0 spiro atoms. The molecule has 0 atom stereocenters. The van der Waals surface area contributed by atoms with Gasteiger partial charge in [-0.05, 0) is 52.3 Å². The van der Waals surface area contributed by atoms with Crippen molar-refractivity contribution < 1.29 is 13.9 Å². The Morgan fingerprint density at radius 3 is 2.52 bits per heavy atom. The van der Waals surface area contributed by atoms with Gasteiger partial charge in [-0.3, -0.25) is 4.79 Å². The Morgan fingerprint density at radius 2 is 1.83 bits per heavy atom. The summed E-state index contributed by atoms with van der Waals surface area (Å²) < 4.78 is 11.9. The summed E-state index contributed by atoms with van der Waals surface area (Å²) in [5.41, 5.74) is 2.38. The standard InChI is InChI=1S/C18H14BrNO3/c19-17-16(20-18(23-17)14-4-2-1-3-5-14)10-11-22-15-8-6-13(12-21)7-9-15/h1-9,12H,10-11H2. The molecule has 0 N–H and O–H groups in total. The van der Waals surface area contributed by atoms with Crippen LogP contribution in [0.15, 0.2) is 63.7 Å². The van der Waals surface area contributed by atoms with Crippen LogP contribution in [0.3, 0.4) is 0 Å². The predicted molar refractivity (Wildman–Crippen MR) is 90.7 cm³/mol. The molecular weight excluding hydrogens is 358 g/mol. The van der Waals surface area contributed by atoms with Gasteiger partial charge in [0.1, 0.15) is 12.0 Å². The maximum Gasteiger partial charge on any atom is 0.227 e. The molecule has 0 aliphatic carbocycles. The molecular formula is C18H14BrNO3. The molecule has 3 rings (SSSR count). The van der Waals surface area contributed by atoms with E-state index in [1.807, 2.05) is 30.3 Å². The van der Waals surface area contributed by atoms with E-state index < -0.39 is 0 Å². The summed E-state index contributed by atoms with van der Waals surface area (Å²) in [6.07, 6.45) is 1.42. The molecule has 1 heterocycles. The van der Waals surface area contributed by atoms with Crippen LogP contribution >= 0.6 is 15.9 Å². The minimum Gasteiger partial charge on any atom is -0.493 e. The Balaban J connectivity index is 1.62. The highest BCUT2D eigenvalue weighted by atomic mass is 79.9. The number of aldehydes is 1. The van der Waals surface area contributed by atoms with Crippen LogP contribution in [0.5, 0.6) is 5.75 Å². The van der Waals surface area contributed by atoms with Gasteiger partial charge < -0.3 is 9.15 Å². The second kappa shape index (κ2) is 7.24. The highest BCUT2D eigenvalue weighted by Gasteiger charge is 2.12. The summed E-state index contributed by atoms with van der Waals surface area (Å²) in [7, 11) is 0. The fourth-order valence-electron chi connectivity index (χ4n) is 2.10. The number of ether oxygens (including phenoxy) is 1. The van der Waals surface area contributed by atoms with E-state index in [1.165, 1.54) is 0 Å². The summed E-state index contributed by atoms with van der Waals surface area (Å²) in [4.78, 5) is 15.1. The molecule has 23 heavy (non-hydrogen) atoms. The van der Waals surface area contributed by atoms with Crippen molar-refractivity contribution in [1.82, 2.24) is 4.98 Å². The zero-order chi connectivity index (χ0) is 16.1. The average molecular weight is 372 g/mol. The highest BCUT2D eigenvalue weighted by molar-refractivity contribution is 9.10. The fraction of sp³-hybridized carbons (Fsp3) is 0.111. The lowest BCUT2D eigenvalue weighted by molar-refractivity contribution is 0.112. The lowest BCUT2D eigenvalue weighted by Crippen LogP contribution is -2.02. The van der Waals surface area contributed by atoms with E-state index in [1.54, 1.807) is 24.3 Å². The summed E-state index contributed by atoms with van der Waals surface area (Å²) >= 11 is 3.40. The Labute approximate surface area is 142 Å². The molecule has 0 unspecified atom stereocenters. The van der Waals surface area contributed by atoms with Crippen LogP contribution in [0.2, 0.25) is 0 Å². The minimum atomic E-state index is 0.472. The van der Waals surface area contributed by atoms with Crippen molar-refractivity contribution >= 4 is 22.2 Å². The quantitative estimate of drug-likeness (QED) is 0.597. The third-order valence-electron chi connectivity index (χ3n) is 3.29. The SMILES string of the molecule is O=Cc1ccc(OCCc2nc(-c3ccccc3)oc2Br)cc1. The molecule has 2 aromatic carbocycles. The number of benzene rings is 2. The summed E-state index contributed by atoms with van der Waals surface area (Å²) in [6, 6.07) is 16.7. The first-order valence-corrected chi connectivity index (χ1v) is 7.94. The van der Waals surface area contributed by atoms with Crippen molar-refractivity contribution in [3.63, 3.8) is 0 Å². The number of halogens is 1. The smallest absolute Gasteiger partial charge is 0.227 e. The number of hydrogen-bond donors (Lipinski definition) is 0. The minimum absolute atomic E-state index is 0.472. The average Bonchev–Trinajstić information content (AvgIpc) is 2.97. The number of aromatic nitrogens is 1. The number of rotatable bonds is 6. The van der Waals surface area contributed by atoms with E-state index in [2.05, 4.69) is 20.9 Å². The molecule has 0 aliphatic rings. The summed E-state index contributed by atoms with van der Waals surface area (Å²) in [6.45, 7) is 0.472. The molecule has 4 nitrogen and oxygen atoms in total. The van der Waals surface area contributed by atoms with Crippen molar-refractivity contribution in [2.45, 2.75) is 6.42 Å². The molecule has 0 fully saturated rings. The Bertz CT molecular complexity index is 782. The van der Waals surface area contributed by atoms with Gasteiger partial charge in [-0.2, -0.15) is 0 Å². The van der Waals surface area contributed by atoms with E-state index in [4.69, 9.17) is 9.15 Å². The van der Waals surface area contributed by atoms with Crippen molar-refractivity contribution in [3.05, 3.63) is 70.5 Å². The molecule has 0 bridgehead atoms. The van der Waals surface area contributed by atoms with Crippen LogP contribution in [0.1, 0.15) is 16.1 Å². The van der Waals surface area contributed by atoms with E-state index >= 15 is 0 Å². The molecule has 0 saturated carbocycles. The second-order valence-corrected chi connectivity index (χ2v) is 5.61. The van der Waals surface area contributed by atoms with Gasteiger partial charge in [0.05, 0.1) is 12.3 Å². The molecule has 0 radical (unpaired) electrons. The van der Waals surface area contributed by atoms with Crippen LogP contribution in [0, 0.1) is 0 Å². The molecule has 5 heteroatoms. The molecule has 1 aromatic heterocycles. The van der Waals surface area contributed by atoms with Crippen LogP contribution in [0.25, 0.3) is 11.5 Å². The van der Waals surface area contributed by atoms with Gasteiger partial charge in [0.15, 0.2) is 4.67 Å². The maximum atomic E-state index is 10.6. The molecule has 116 valence electrons. The van der Waals surface area contributed by atoms with E-state index in [-0.39, 0.29) is 0 Å². The number of oxazole rings is 1. The maximum absolute atomic E-state index is 10.6. The first kappa shape index (κ1) is 15.5. The summed E-state index contributed by atoms with van der Waals surface area (Å²) in [5.74, 6) is 1.31. The highest BCUT2D eigenvalue weighted by Crippen LogP contribution is 2.26. The summed E-state index contributed by atoms with van der Waals surface area (Å²) in [5, 5.41) is 0. The lowest BCUT2D eigenvalue weighted by atomic mass is 10.2. The Hall–Kier alpha value is -2.40. The van der Waals surface area contributed by atoms with Gasteiger partial charge in [0, 0.05) is 17.5 Å². The normalized spacial score (nSPS) is 10.5. The van der Waals surface area contributed by atoms with Crippen molar-refractivity contribution in [1.29, 1.82) is 0 Å². The predicted octanol–water partition coefficient (Wildman–Crippen LogP) is 4.54. The van der Waals surface area contributed by atoms with E-state index in [0.717, 1.165) is 23.3 Å². The Morgan fingerprint density at radius 1 is 1.09 bits per heavy atom. The van der Waals surface area contributed by atoms with Crippen molar-refractivity contribution in [2.75, 3.05) is 6.61 Å². The largest absolute Gasteiger partial charge is 0.493 e. The van der Waals surface area contributed by atoms with Gasteiger partial charge in [0.25, 0.3) is 0 Å². The Kier molecular flexibility index (Phi) is 4.88. The van der Waals surface area contributed by atoms with Crippen molar-refractivity contribution in [3.8, 4) is 17.2 Å². The number of carbonyl (C=O) groups is 1. The number of hydrogen-bond acceptors (Lipinski definition) is 4. The van der Waals surface area contributed by atoms with Crippen LogP contribution in [-0.2, 0) is 6.42 Å². The third kappa shape index (κ3) is 3.87. The molecule has 0 amide bonds. The van der Waals surface area contributed by atoms with Crippen LogP contribution in [-0.4, -0.2) is 17.9 Å². The van der Waals surface area contributed by atoms with Gasteiger partial charge in [-0.15, -0.1) is 0 Å². The second-order valence-electron chi connectivity index (χ2n) is 4.89. The third-order valence-corrected chi connectivity index (χ3v) is 3.91. The molecule has 3 aromatic rings. The van der Waals surface area contributed by atoms with Gasteiger partial charge in [-0.1, -0.05) is 18.2 Å². The molecule has 0 aliphatic heterocycles. The zero-order valence-electron chi connectivity index (χ0n) is 12.2. The lowest BCUT2D eigenvalue weighted by Gasteiger charge is -2.04. The first-order chi connectivity index (χ1) is 11.3.